The summed E-state index contributed by atoms with van der Waals surface area (Å²) in [4.78, 5) is 50.1. The van der Waals surface area contributed by atoms with Gasteiger partial charge in [0.05, 0.1) is 37.3 Å². The molecular weight excluding hydrogens is 637 g/mol. The van der Waals surface area contributed by atoms with Crippen molar-refractivity contribution in [1.82, 2.24) is 24.8 Å². The van der Waals surface area contributed by atoms with Crippen LogP contribution in [-0.4, -0.2) is 73.6 Å². The summed E-state index contributed by atoms with van der Waals surface area (Å²) in [5.41, 5.74) is 1.38. The van der Waals surface area contributed by atoms with E-state index in [1.165, 1.54) is 25.8 Å². The third-order valence-corrected chi connectivity index (χ3v) is 7.29. The number of nitrogens with one attached hydrogen (secondary N) is 2. The predicted molar refractivity (Wildman–Crippen MR) is 175 cm³/mol. The van der Waals surface area contributed by atoms with Gasteiger partial charge in [0, 0.05) is 35.1 Å². The monoisotopic (exact) mass is 673 g/mol. The molecule has 0 aliphatic carbocycles. The van der Waals surface area contributed by atoms with Gasteiger partial charge in [-0.1, -0.05) is 38.4 Å². The van der Waals surface area contributed by atoms with Gasteiger partial charge in [-0.15, -0.1) is 0 Å². The second-order valence-electron chi connectivity index (χ2n) is 11.6. The second-order valence-corrected chi connectivity index (χ2v) is 13.2. The van der Waals surface area contributed by atoms with Gasteiger partial charge in [0.15, 0.2) is 11.5 Å². The largest absolute Gasteiger partial charge is 0.493 e. The molecule has 16 heteroatoms. The third-order valence-electron chi connectivity index (χ3n) is 6.48. The normalized spacial score (nSPS) is 12.6. The Hall–Kier alpha value is -3.91. The van der Waals surface area contributed by atoms with Gasteiger partial charge in [0.2, 0.25) is 5.95 Å². The molecule has 0 aliphatic heterocycles. The van der Waals surface area contributed by atoms with Crippen molar-refractivity contribution >= 4 is 53.7 Å². The Kier molecular flexibility index (Phi) is 11.5. The maximum Gasteiger partial charge on any atom is 0.471 e. The first-order valence-corrected chi connectivity index (χ1v) is 16.2. The number of nitrogens with zero attached hydrogens (tertiary/aromatic N) is 5. The van der Waals surface area contributed by atoms with Crippen molar-refractivity contribution in [3.05, 3.63) is 65.7 Å². The number of carbonyl (C=O) groups is 1. The van der Waals surface area contributed by atoms with E-state index in [4.69, 9.17) is 25.6 Å². The van der Waals surface area contributed by atoms with E-state index in [1.54, 1.807) is 43.3 Å². The summed E-state index contributed by atoms with van der Waals surface area (Å²) < 4.78 is 28.0. The number of methoxy groups -OCH3 is 1. The first kappa shape index (κ1) is 35.0. The summed E-state index contributed by atoms with van der Waals surface area (Å²) >= 11 is 5.97. The molecule has 14 nitrogen and oxygen atoms in total. The number of halogens is 1. The molecule has 0 spiro atoms. The van der Waals surface area contributed by atoms with Crippen LogP contribution >= 0.6 is 19.4 Å². The minimum atomic E-state index is -4.64. The molecule has 0 fully saturated rings. The SMILES string of the molecule is COc1cc2c(Nc3cnc(NC(=O)c4cccc(Cl)c4)nc3)ncnc2cc1OCCCN(CC(C)(C)C)C(C)OP(=O)(O)O. The molecule has 1 amide bonds. The highest BCUT2D eigenvalue weighted by molar-refractivity contribution is 7.46. The summed E-state index contributed by atoms with van der Waals surface area (Å²) in [5.74, 6) is 1.15. The average molecular weight is 674 g/mol. The van der Waals surface area contributed by atoms with Gasteiger partial charge in [0.25, 0.3) is 5.91 Å². The number of anilines is 3. The minimum Gasteiger partial charge on any atom is -0.493 e. The van der Waals surface area contributed by atoms with Crippen LogP contribution in [0.4, 0.5) is 17.5 Å². The van der Waals surface area contributed by atoms with Crippen molar-refractivity contribution < 1.29 is 33.1 Å². The van der Waals surface area contributed by atoms with Crippen LogP contribution in [0.5, 0.6) is 11.5 Å². The van der Waals surface area contributed by atoms with Gasteiger partial charge >= 0.3 is 7.82 Å². The third kappa shape index (κ3) is 10.3. The number of fused-ring (bicyclic) bond motifs is 1. The van der Waals surface area contributed by atoms with Crippen LogP contribution < -0.4 is 20.1 Å². The Morgan fingerprint density at radius 2 is 1.83 bits per heavy atom. The van der Waals surface area contributed by atoms with Gasteiger partial charge < -0.3 is 24.6 Å². The Morgan fingerprint density at radius 3 is 2.48 bits per heavy atom. The molecule has 2 aromatic heterocycles. The number of rotatable bonds is 14. The van der Waals surface area contributed by atoms with E-state index in [-0.39, 0.29) is 17.3 Å². The zero-order valence-electron chi connectivity index (χ0n) is 26.1. The Labute approximate surface area is 271 Å². The summed E-state index contributed by atoms with van der Waals surface area (Å²) in [6.07, 6.45) is 4.20. The highest BCUT2D eigenvalue weighted by Gasteiger charge is 2.27. The zero-order chi connectivity index (χ0) is 33.5. The molecule has 0 bridgehead atoms. The molecule has 0 saturated carbocycles. The van der Waals surface area contributed by atoms with E-state index in [0.29, 0.717) is 70.6 Å². The predicted octanol–water partition coefficient (Wildman–Crippen LogP) is 5.65. The molecule has 46 heavy (non-hydrogen) atoms. The van der Waals surface area contributed by atoms with E-state index >= 15 is 0 Å². The number of hydrogen-bond donors (Lipinski definition) is 4. The second kappa shape index (κ2) is 15.1. The van der Waals surface area contributed by atoms with Crippen LogP contribution in [0.3, 0.4) is 0 Å². The molecule has 246 valence electrons. The lowest BCUT2D eigenvalue weighted by Gasteiger charge is -2.34. The summed E-state index contributed by atoms with van der Waals surface area (Å²) in [6.45, 7) is 9.08. The van der Waals surface area contributed by atoms with Crippen molar-refractivity contribution in [1.29, 1.82) is 0 Å². The number of aromatic nitrogens is 4. The van der Waals surface area contributed by atoms with Crippen molar-refractivity contribution in [3.63, 3.8) is 0 Å². The minimum absolute atomic E-state index is 0.122. The van der Waals surface area contributed by atoms with E-state index in [9.17, 15) is 19.1 Å². The van der Waals surface area contributed by atoms with Gasteiger partial charge in [-0.25, -0.2) is 24.5 Å². The van der Waals surface area contributed by atoms with Gasteiger partial charge in [0.1, 0.15) is 18.4 Å². The van der Waals surface area contributed by atoms with Crippen molar-refractivity contribution in [2.24, 2.45) is 5.41 Å². The molecule has 0 radical (unpaired) electrons. The lowest BCUT2D eigenvalue weighted by atomic mass is 9.96. The highest BCUT2D eigenvalue weighted by Crippen LogP contribution is 2.39. The number of hydrogen-bond acceptors (Lipinski definition) is 11. The van der Waals surface area contributed by atoms with Crippen molar-refractivity contribution in [2.45, 2.75) is 40.3 Å². The number of benzene rings is 2. The number of ether oxygens (including phenoxy) is 2. The molecule has 0 aliphatic rings. The Bertz CT molecular complexity index is 1700. The summed E-state index contributed by atoms with van der Waals surface area (Å²) in [5, 5.41) is 6.91. The van der Waals surface area contributed by atoms with Gasteiger partial charge in [-0.2, -0.15) is 0 Å². The number of amides is 1. The molecular formula is C30H37ClN7O7P. The van der Waals surface area contributed by atoms with Crippen molar-refractivity contribution in [3.8, 4) is 11.5 Å². The Balaban J connectivity index is 1.41. The molecule has 4 rings (SSSR count). The molecule has 4 aromatic rings. The smallest absolute Gasteiger partial charge is 0.471 e. The van der Waals surface area contributed by atoms with Crippen LogP contribution in [0.15, 0.2) is 55.1 Å². The van der Waals surface area contributed by atoms with E-state index in [0.717, 1.165) is 0 Å². The number of phosphoric acid groups is 1. The maximum absolute atomic E-state index is 12.5. The lowest BCUT2D eigenvalue weighted by Crippen LogP contribution is -2.41. The van der Waals surface area contributed by atoms with Crippen LogP contribution in [0.1, 0.15) is 44.5 Å². The molecule has 2 heterocycles. The lowest BCUT2D eigenvalue weighted by molar-refractivity contribution is -0.00447. The van der Waals surface area contributed by atoms with E-state index < -0.39 is 14.1 Å². The van der Waals surface area contributed by atoms with E-state index in [1.807, 2.05) is 25.7 Å². The fourth-order valence-electron chi connectivity index (χ4n) is 4.55. The molecule has 2 aromatic carbocycles. The van der Waals surface area contributed by atoms with Crippen molar-refractivity contribution in [2.75, 3.05) is 37.4 Å². The molecule has 4 N–H and O–H groups in total. The standard InChI is InChI=1S/C30H37ClN7O7P/c1-19(45-46(40,41)42)38(17-30(2,3)4)10-7-11-44-26-14-24-23(13-25(26)43-5)27(35-18-34-24)36-22-15-32-29(33-16-22)37-28(39)20-8-6-9-21(31)12-20/h6,8-9,12-16,18-19H,7,10-11,17H2,1-5H3,(H,34,35,36)(H2,40,41,42)(H,32,33,37,39). The highest BCUT2D eigenvalue weighted by atomic mass is 35.5. The van der Waals surface area contributed by atoms with E-state index in [2.05, 4.69) is 30.6 Å². The quantitative estimate of drug-likeness (QED) is 0.0733. The van der Waals surface area contributed by atoms with Crippen LogP contribution in [0.25, 0.3) is 10.9 Å². The van der Waals surface area contributed by atoms with Gasteiger partial charge in [-0.3, -0.25) is 19.5 Å². The van der Waals surface area contributed by atoms with Crippen LogP contribution in [-0.2, 0) is 9.09 Å². The average Bonchev–Trinajstić information content (AvgIpc) is 2.98. The summed E-state index contributed by atoms with van der Waals surface area (Å²) in [6, 6.07) is 10.1. The zero-order valence-corrected chi connectivity index (χ0v) is 27.7. The number of carbonyl (C=O) groups excluding carboxylic acids is 1. The fraction of sp³-hybridized carbons (Fsp3) is 0.367. The van der Waals surface area contributed by atoms with Gasteiger partial charge in [-0.05, 0) is 43.0 Å². The van der Waals surface area contributed by atoms with Crippen LogP contribution in [0.2, 0.25) is 5.02 Å². The summed E-state index contributed by atoms with van der Waals surface area (Å²) in [7, 11) is -3.11. The topological polar surface area (TPSA) is 181 Å². The molecule has 1 atom stereocenters. The maximum atomic E-state index is 12.5. The number of phosphoric ester groups is 1. The Morgan fingerprint density at radius 1 is 1.09 bits per heavy atom. The molecule has 1 unspecified atom stereocenters. The fourth-order valence-corrected chi connectivity index (χ4v) is 5.27. The first-order chi connectivity index (χ1) is 21.7. The molecule has 0 saturated heterocycles. The first-order valence-electron chi connectivity index (χ1n) is 14.3. The van der Waals surface area contributed by atoms with Crippen LogP contribution in [0, 0.1) is 5.41 Å².